The average Bonchev–Trinajstić information content (AvgIpc) is 2.38. The summed E-state index contributed by atoms with van der Waals surface area (Å²) in [6, 6.07) is 11.1. The molecule has 1 aromatic rings. The first-order valence-electron chi connectivity index (χ1n) is 6.69. The molecule has 0 fully saturated rings. The van der Waals surface area contributed by atoms with Gasteiger partial charge in [0.05, 0.1) is 0 Å². The SMILES string of the molecule is CNC(CCN(C)CCN(C)C)c1ccccc1. The van der Waals surface area contributed by atoms with Crippen LogP contribution in [-0.4, -0.2) is 57.6 Å². The van der Waals surface area contributed by atoms with Gasteiger partial charge < -0.3 is 15.1 Å². The fourth-order valence-corrected chi connectivity index (χ4v) is 2.00. The van der Waals surface area contributed by atoms with Crippen molar-refractivity contribution in [2.75, 3.05) is 47.8 Å². The Morgan fingerprint density at radius 1 is 1.00 bits per heavy atom. The number of hydrogen-bond donors (Lipinski definition) is 1. The van der Waals surface area contributed by atoms with Crippen LogP contribution >= 0.6 is 0 Å². The van der Waals surface area contributed by atoms with E-state index < -0.39 is 0 Å². The molecule has 0 radical (unpaired) electrons. The van der Waals surface area contributed by atoms with Crippen LogP contribution in [0.15, 0.2) is 30.3 Å². The Hall–Kier alpha value is -0.900. The van der Waals surface area contributed by atoms with E-state index in [0.717, 1.165) is 26.1 Å². The zero-order valence-electron chi connectivity index (χ0n) is 12.2. The molecular formula is C15H27N3. The summed E-state index contributed by atoms with van der Waals surface area (Å²) < 4.78 is 0. The lowest BCUT2D eigenvalue weighted by Gasteiger charge is -2.23. The molecule has 102 valence electrons. The van der Waals surface area contributed by atoms with E-state index in [2.05, 4.69) is 66.6 Å². The van der Waals surface area contributed by atoms with E-state index >= 15 is 0 Å². The highest BCUT2D eigenvalue weighted by Gasteiger charge is 2.09. The Morgan fingerprint density at radius 2 is 1.67 bits per heavy atom. The van der Waals surface area contributed by atoms with Gasteiger partial charge in [0.15, 0.2) is 0 Å². The van der Waals surface area contributed by atoms with E-state index in [9.17, 15) is 0 Å². The molecule has 1 rings (SSSR count). The second kappa shape index (κ2) is 8.25. The smallest absolute Gasteiger partial charge is 0.0329 e. The standard InChI is InChI=1S/C15H27N3/c1-16-15(14-8-6-5-7-9-14)10-11-18(4)13-12-17(2)3/h5-9,15-16H,10-13H2,1-4H3. The van der Waals surface area contributed by atoms with Crippen LogP contribution in [0.1, 0.15) is 18.0 Å². The summed E-state index contributed by atoms with van der Waals surface area (Å²) in [6.07, 6.45) is 1.14. The van der Waals surface area contributed by atoms with Crippen LogP contribution in [0.4, 0.5) is 0 Å². The van der Waals surface area contributed by atoms with Crippen molar-refractivity contribution in [3.05, 3.63) is 35.9 Å². The first kappa shape index (κ1) is 15.2. The van der Waals surface area contributed by atoms with Crippen molar-refractivity contribution >= 4 is 0 Å². The normalized spacial score (nSPS) is 13.2. The lowest BCUT2D eigenvalue weighted by molar-refractivity contribution is 0.270. The predicted molar refractivity (Wildman–Crippen MR) is 78.9 cm³/mol. The van der Waals surface area contributed by atoms with Gasteiger partial charge in [-0.3, -0.25) is 0 Å². The maximum absolute atomic E-state index is 3.40. The molecule has 3 heteroatoms. The van der Waals surface area contributed by atoms with E-state index in [0.29, 0.717) is 6.04 Å². The molecule has 0 aliphatic heterocycles. The first-order valence-corrected chi connectivity index (χ1v) is 6.69. The number of rotatable bonds is 8. The van der Waals surface area contributed by atoms with Crippen LogP contribution in [0, 0.1) is 0 Å². The van der Waals surface area contributed by atoms with Crippen molar-refractivity contribution in [1.82, 2.24) is 15.1 Å². The fourth-order valence-electron chi connectivity index (χ4n) is 2.00. The van der Waals surface area contributed by atoms with Crippen molar-refractivity contribution in [2.24, 2.45) is 0 Å². The van der Waals surface area contributed by atoms with Crippen LogP contribution in [-0.2, 0) is 0 Å². The molecule has 18 heavy (non-hydrogen) atoms. The third-order valence-corrected chi connectivity index (χ3v) is 3.28. The molecule has 1 atom stereocenters. The molecule has 0 saturated carbocycles. The summed E-state index contributed by atoms with van der Waals surface area (Å²) in [5.41, 5.74) is 1.38. The second-order valence-electron chi connectivity index (χ2n) is 5.15. The van der Waals surface area contributed by atoms with Crippen LogP contribution in [0.25, 0.3) is 0 Å². The second-order valence-corrected chi connectivity index (χ2v) is 5.15. The van der Waals surface area contributed by atoms with Crippen LogP contribution < -0.4 is 5.32 Å². The highest BCUT2D eigenvalue weighted by Crippen LogP contribution is 2.15. The monoisotopic (exact) mass is 249 g/mol. The number of hydrogen-bond acceptors (Lipinski definition) is 3. The number of nitrogens with zero attached hydrogens (tertiary/aromatic N) is 2. The topological polar surface area (TPSA) is 18.5 Å². The van der Waals surface area contributed by atoms with Gasteiger partial charge in [0.25, 0.3) is 0 Å². The Bertz CT molecular complexity index is 311. The lowest BCUT2D eigenvalue weighted by atomic mass is 10.0. The Morgan fingerprint density at radius 3 is 2.22 bits per heavy atom. The molecular weight excluding hydrogens is 222 g/mol. The zero-order chi connectivity index (χ0) is 13.4. The van der Waals surface area contributed by atoms with Gasteiger partial charge in [-0.1, -0.05) is 30.3 Å². The van der Waals surface area contributed by atoms with E-state index in [-0.39, 0.29) is 0 Å². The molecule has 1 N–H and O–H groups in total. The van der Waals surface area contributed by atoms with Crippen LogP contribution in [0.3, 0.4) is 0 Å². The molecule has 0 aliphatic rings. The minimum atomic E-state index is 0.452. The summed E-state index contributed by atoms with van der Waals surface area (Å²) in [4.78, 5) is 4.62. The summed E-state index contributed by atoms with van der Waals surface area (Å²) in [7, 11) is 8.47. The molecule has 0 heterocycles. The van der Waals surface area contributed by atoms with E-state index in [1.807, 2.05) is 7.05 Å². The van der Waals surface area contributed by atoms with Crippen molar-refractivity contribution in [3.8, 4) is 0 Å². The molecule has 1 aromatic carbocycles. The summed E-state index contributed by atoms with van der Waals surface area (Å²) >= 11 is 0. The van der Waals surface area contributed by atoms with E-state index in [1.165, 1.54) is 5.56 Å². The number of likely N-dealkylation sites (N-methyl/N-ethyl adjacent to an activating group) is 2. The molecule has 0 amide bonds. The molecule has 3 nitrogen and oxygen atoms in total. The minimum absolute atomic E-state index is 0.452. The third kappa shape index (κ3) is 5.63. The summed E-state index contributed by atoms with van der Waals surface area (Å²) in [5.74, 6) is 0. The molecule has 0 aliphatic carbocycles. The first-order chi connectivity index (χ1) is 8.63. The maximum atomic E-state index is 3.40. The minimum Gasteiger partial charge on any atom is -0.313 e. The van der Waals surface area contributed by atoms with Crippen LogP contribution in [0.5, 0.6) is 0 Å². The van der Waals surface area contributed by atoms with Gasteiger partial charge in [0.2, 0.25) is 0 Å². The predicted octanol–water partition coefficient (Wildman–Crippen LogP) is 1.83. The Labute approximate surface area is 112 Å². The third-order valence-electron chi connectivity index (χ3n) is 3.28. The van der Waals surface area contributed by atoms with Crippen molar-refractivity contribution in [1.29, 1.82) is 0 Å². The van der Waals surface area contributed by atoms with Crippen molar-refractivity contribution in [3.63, 3.8) is 0 Å². The van der Waals surface area contributed by atoms with Gasteiger partial charge in [0.1, 0.15) is 0 Å². The highest BCUT2D eigenvalue weighted by atomic mass is 15.1. The van der Waals surface area contributed by atoms with Crippen LogP contribution in [0.2, 0.25) is 0 Å². The molecule has 0 spiro atoms. The molecule has 0 saturated heterocycles. The Balaban J connectivity index is 2.36. The van der Waals surface area contributed by atoms with E-state index in [4.69, 9.17) is 0 Å². The number of nitrogens with one attached hydrogen (secondary N) is 1. The summed E-state index contributed by atoms with van der Waals surface area (Å²) in [6.45, 7) is 3.36. The zero-order valence-corrected chi connectivity index (χ0v) is 12.2. The average molecular weight is 249 g/mol. The van der Waals surface area contributed by atoms with Gasteiger partial charge in [0, 0.05) is 19.1 Å². The quantitative estimate of drug-likeness (QED) is 0.758. The molecule has 0 aromatic heterocycles. The van der Waals surface area contributed by atoms with Gasteiger partial charge in [-0.2, -0.15) is 0 Å². The highest BCUT2D eigenvalue weighted by molar-refractivity contribution is 5.18. The van der Waals surface area contributed by atoms with Gasteiger partial charge in [-0.05, 0) is 46.7 Å². The number of benzene rings is 1. The van der Waals surface area contributed by atoms with Gasteiger partial charge >= 0.3 is 0 Å². The van der Waals surface area contributed by atoms with Crippen molar-refractivity contribution < 1.29 is 0 Å². The summed E-state index contributed by atoms with van der Waals surface area (Å²) in [5, 5.41) is 3.40. The van der Waals surface area contributed by atoms with E-state index in [1.54, 1.807) is 0 Å². The largest absolute Gasteiger partial charge is 0.313 e. The maximum Gasteiger partial charge on any atom is 0.0329 e. The fraction of sp³-hybridized carbons (Fsp3) is 0.600. The molecule has 1 unspecified atom stereocenters. The van der Waals surface area contributed by atoms with Gasteiger partial charge in [-0.15, -0.1) is 0 Å². The Kier molecular flexibility index (Phi) is 6.94. The molecule has 0 bridgehead atoms. The van der Waals surface area contributed by atoms with Gasteiger partial charge in [-0.25, -0.2) is 0 Å². The lowest BCUT2D eigenvalue weighted by Crippen LogP contribution is -2.31. The van der Waals surface area contributed by atoms with Crippen molar-refractivity contribution in [2.45, 2.75) is 12.5 Å².